The summed E-state index contributed by atoms with van der Waals surface area (Å²) in [5.74, 6) is 0. The molecule has 0 aromatic heterocycles. The molecule has 0 N–H and O–H groups in total. The first-order valence-electron chi connectivity index (χ1n) is 21.3. The zero-order valence-corrected chi connectivity index (χ0v) is 34.0. The van der Waals surface area contributed by atoms with Crippen molar-refractivity contribution in [3.05, 3.63) is 243 Å². The van der Waals surface area contributed by atoms with Crippen molar-refractivity contribution in [2.24, 2.45) is 0 Å². The lowest BCUT2D eigenvalue weighted by Crippen LogP contribution is -2.10. The minimum Gasteiger partial charge on any atom is -0.310 e. The molecule has 0 amide bonds. The number of benzene rings is 12. The minimum absolute atomic E-state index is 1.13. The van der Waals surface area contributed by atoms with Crippen LogP contribution in [0.2, 0.25) is 0 Å². The SMILES string of the molecule is c1ccc(N(c2ccc3ccccc3c2)c2cc3ccc4cc(-c5ccc(-c6ccc(N(c7ccccc7)c7ccccc7)c7ccccc67)cc5)cc5ccc(c2)c3c45)cc1. The van der Waals surface area contributed by atoms with Gasteiger partial charge in [0.2, 0.25) is 0 Å². The summed E-state index contributed by atoms with van der Waals surface area (Å²) in [6.45, 7) is 0. The molecule has 0 spiro atoms. The smallest absolute Gasteiger partial charge is 0.0540 e. The molecular weight excluding hydrogens is 749 g/mol. The highest BCUT2D eigenvalue weighted by molar-refractivity contribution is 6.24. The lowest BCUT2D eigenvalue weighted by Gasteiger charge is -2.27. The van der Waals surface area contributed by atoms with E-state index in [0.29, 0.717) is 0 Å². The number of rotatable bonds is 8. The van der Waals surface area contributed by atoms with Crippen molar-refractivity contribution < 1.29 is 0 Å². The molecule has 0 saturated heterocycles. The second kappa shape index (κ2) is 14.8. The molecule has 62 heavy (non-hydrogen) atoms. The number of nitrogens with zero attached hydrogens (tertiary/aromatic N) is 2. The molecule has 0 radical (unpaired) electrons. The topological polar surface area (TPSA) is 6.48 Å². The third-order valence-corrected chi connectivity index (χ3v) is 12.5. The van der Waals surface area contributed by atoms with E-state index in [2.05, 4.69) is 252 Å². The Bertz CT molecular complexity index is 3460. The van der Waals surface area contributed by atoms with E-state index in [1.54, 1.807) is 0 Å². The second-order valence-electron chi connectivity index (χ2n) is 16.2. The zero-order valence-electron chi connectivity index (χ0n) is 34.0. The molecule has 2 nitrogen and oxygen atoms in total. The van der Waals surface area contributed by atoms with E-state index in [1.165, 1.54) is 76.1 Å². The van der Waals surface area contributed by atoms with E-state index in [0.717, 1.165) is 34.1 Å². The van der Waals surface area contributed by atoms with E-state index in [-0.39, 0.29) is 0 Å². The van der Waals surface area contributed by atoms with Gasteiger partial charge in [-0.05, 0) is 150 Å². The summed E-state index contributed by atoms with van der Waals surface area (Å²) in [5, 5.41) is 12.5. The molecule has 12 rings (SSSR count). The Morgan fingerprint density at radius 1 is 0.226 bits per heavy atom. The predicted molar refractivity (Wildman–Crippen MR) is 265 cm³/mol. The predicted octanol–water partition coefficient (Wildman–Crippen LogP) is 17.2. The van der Waals surface area contributed by atoms with Crippen molar-refractivity contribution in [2.75, 3.05) is 9.80 Å². The number of anilines is 6. The maximum Gasteiger partial charge on any atom is 0.0540 e. The summed E-state index contributed by atoms with van der Waals surface area (Å²) in [7, 11) is 0. The van der Waals surface area contributed by atoms with Crippen LogP contribution in [0.1, 0.15) is 0 Å². The van der Waals surface area contributed by atoms with Crippen molar-refractivity contribution in [2.45, 2.75) is 0 Å². The molecule has 0 saturated carbocycles. The van der Waals surface area contributed by atoms with Crippen LogP contribution in [0.4, 0.5) is 34.1 Å². The monoisotopic (exact) mass is 788 g/mol. The van der Waals surface area contributed by atoms with Crippen molar-refractivity contribution >= 4 is 88.0 Å². The van der Waals surface area contributed by atoms with Gasteiger partial charge < -0.3 is 9.80 Å². The van der Waals surface area contributed by atoms with Crippen LogP contribution < -0.4 is 9.80 Å². The minimum atomic E-state index is 1.13. The Kier molecular flexibility index (Phi) is 8.53. The van der Waals surface area contributed by atoms with E-state index >= 15 is 0 Å². The first-order valence-corrected chi connectivity index (χ1v) is 21.3. The molecule has 0 aliphatic rings. The Morgan fingerprint density at radius 2 is 0.677 bits per heavy atom. The van der Waals surface area contributed by atoms with Crippen LogP contribution in [0, 0.1) is 0 Å². The quantitative estimate of drug-likeness (QED) is 0.142. The lowest BCUT2D eigenvalue weighted by atomic mass is 9.90. The first-order chi connectivity index (χ1) is 30.7. The van der Waals surface area contributed by atoms with Crippen LogP contribution in [-0.4, -0.2) is 0 Å². The van der Waals surface area contributed by atoms with E-state index in [9.17, 15) is 0 Å². The maximum atomic E-state index is 2.38. The van der Waals surface area contributed by atoms with Gasteiger partial charge in [0.15, 0.2) is 0 Å². The summed E-state index contributed by atoms with van der Waals surface area (Å²) in [6.07, 6.45) is 0. The molecule has 0 unspecified atom stereocenters. The number of hydrogen-bond donors (Lipinski definition) is 0. The summed E-state index contributed by atoms with van der Waals surface area (Å²) >= 11 is 0. The van der Waals surface area contributed by atoms with Crippen LogP contribution in [0.15, 0.2) is 243 Å². The number of para-hydroxylation sites is 3. The molecule has 0 bridgehead atoms. The third kappa shape index (κ3) is 6.12. The molecule has 0 atom stereocenters. The standard InChI is InChI=1S/C60H40N2/c1-4-16-50(17-5-1)61(53-33-32-41-14-10-11-15-44(41)38-53)54-39-47-30-28-45-36-49(37-46-29-31-48(40-54)60(47)59(45)46)42-24-26-43(27-25-42)55-34-35-58(57-23-13-12-22-56(55)57)62(51-18-6-2-7-19-51)52-20-8-3-9-21-52/h1-40H. The van der Waals surface area contributed by atoms with Crippen LogP contribution in [0.25, 0.3) is 76.1 Å². The highest BCUT2D eigenvalue weighted by Gasteiger charge is 2.19. The third-order valence-electron chi connectivity index (χ3n) is 12.5. The molecule has 0 fully saturated rings. The Balaban J connectivity index is 0.910. The van der Waals surface area contributed by atoms with Gasteiger partial charge in [-0.25, -0.2) is 0 Å². The zero-order chi connectivity index (χ0) is 41.0. The normalized spacial score (nSPS) is 11.5. The Hall–Kier alpha value is -8.20. The molecule has 0 aliphatic heterocycles. The van der Waals surface area contributed by atoms with Gasteiger partial charge in [0.05, 0.1) is 5.69 Å². The van der Waals surface area contributed by atoms with Gasteiger partial charge in [0, 0.05) is 33.8 Å². The molecule has 290 valence electrons. The fraction of sp³-hybridized carbons (Fsp3) is 0. The average molecular weight is 789 g/mol. The van der Waals surface area contributed by atoms with Gasteiger partial charge >= 0.3 is 0 Å². The van der Waals surface area contributed by atoms with Crippen molar-refractivity contribution in [3.8, 4) is 22.3 Å². The maximum absolute atomic E-state index is 2.38. The van der Waals surface area contributed by atoms with Crippen LogP contribution in [0.5, 0.6) is 0 Å². The second-order valence-corrected chi connectivity index (χ2v) is 16.2. The largest absolute Gasteiger partial charge is 0.310 e. The summed E-state index contributed by atoms with van der Waals surface area (Å²) in [6, 6.07) is 88.4. The highest BCUT2D eigenvalue weighted by atomic mass is 15.1. The molecule has 2 heteroatoms. The van der Waals surface area contributed by atoms with Crippen molar-refractivity contribution in [1.29, 1.82) is 0 Å². The fourth-order valence-electron chi connectivity index (χ4n) is 9.61. The molecule has 0 heterocycles. The molecule has 12 aromatic rings. The van der Waals surface area contributed by atoms with Crippen LogP contribution in [0.3, 0.4) is 0 Å². The van der Waals surface area contributed by atoms with Crippen molar-refractivity contribution in [3.63, 3.8) is 0 Å². The van der Waals surface area contributed by atoms with E-state index in [1.807, 2.05) is 0 Å². The summed E-state index contributed by atoms with van der Waals surface area (Å²) in [5.41, 5.74) is 11.7. The van der Waals surface area contributed by atoms with E-state index < -0.39 is 0 Å². The highest BCUT2D eigenvalue weighted by Crippen LogP contribution is 2.45. The van der Waals surface area contributed by atoms with Gasteiger partial charge in [-0.15, -0.1) is 0 Å². The van der Waals surface area contributed by atoms with Crippen LogP contribution in [-0.2, 0) is 0 Å². The fourth-order valence-corrected chi connectivity index (χ4v) is 9.61. The van der Waals surface area contributed by atoms with Gasteiger partial charge in [0.25, 0.3) is 0 Å². The van der Waals surface area contributed by atoms with Gasteiger partial charge in [0.1, 0.15) is 0 Å². The van der Waals surface area contributed by atoms with Crippen molar-refractivity contribution in [1.82, 2.24) is 0 Å². The Morgan fingerprint density at radius 3 is 1.27 bits per heavy atom. The van der Waals surface area contributed by atoms with Gasteiger partial charge in [-0.3, -0.25) is 0 Å². The lowest BCUT2D eigenvalue weighted by molar-refractivity contribution is 1.30. The van der Waals surface area contributed by atoms with Crippen LogP contribution >= 0.6 is 0 Å². The van der Waals surface area contributed by atoms with Gasteiger partial charge in [-0.1, -0.05) is 164 Å². The Labute approximate surface area is 361 Å². The van der Waals surface area contributed by atoms with E-state index in [4.69, 9.17) is 0 Å². The first kappa shape index (κ1) is 35.7. The number of hydrogen-bond acceptors (Lipinski definition) is 2. The molecular formula is C60H40N2. The van der Waals surface area contributed by atoms with Gasteiger partial charge in [-0.2, -0.15) is 0 Å². The average Bonchev–Trinajstić information content (AvgIpc) is 3.34. The number of fused-ring (bicyclic) bond motifs is 2. The molecule has 12 aromatic carbocycles. The molecule has 0 aliphatic carbocycles. The summed E-state index contributed by atoms with van der Waals surface area (Å²) in [4.78, 5) is 4.73. The summed E-state index contributed by atoms with van der Waals surface area (Å²) < 4.78 is 0.